The first-order valence-electron chi connectivity index (χ1n) is 9.35. The SMILES string of the molecule is CCCN1c2cc(Cl)c(C=Nc3ccc(OC)cc3)cc2C(C)=CC1(C)C. The molecule has 142 valence electrons. The van der Waals surface area contributed by atoms with Crippen LogP contribution in [0.3, 0.4) is 0 Å². The number of benzene rings is 2. The lowest BCUT2D eigenvalue weighted by molar-refractivity contribution is 0.415. The predicted octanol–water partition coefficient (Wildman–Crippen LogP) is 6.51. The van der Waals surface area contributed by atoms with Gasteiger partial charge in [0.2, 0.25) is 0 Å². The van der Waals surface area contributed by atoms with E-state index in [4.69, 9.17) is 16.3 Å². The van der Waals surface area contributed by atoms with Crippen molar-refractivity contribution in [3.8, 4) is 5.75 Å². The van der Waals surface area contributed by atoms with E-state index in [1.54, 1.807) is 7.11 Å². The number of hydrogen-bond acceptors (Lipinski definition) is 3. The van der Waals surface area contributed by atoms with Gasteiger partial charge in [-0.1, -0.05) is 24.6 Å². The summed E-state index contributed by atoms with van der Waals surface area (Å²) in [5.41, 5.74) is 5.48. The average Bonchev–Trinajstić information content (AvgIpc) is 2.64. The number of nitrogens with zero attached hydrogens (tertiary/aromatic N) is 2. The summed E-state index contributed by atoms with van der Waals surface area (Å²) in [4.78, 5) is 7.01. The molecule has 0 N–H and O–H groups in total. The molecule has 0 saturated carbocycles. The zero-order chi connectivity index (χ0) is 19.6. The minimum Gasteiger partial charge on any atom is -0.497 e. The van der Waals surface area contributed by atoms with Crippen LogP contribution in [0.5, 0.6) is 5.75 Å². The van der Waals surface area contributed by atoms with E-state index in [9.17, 15) is 0 Å². The highest BCUT2D eigenvalue weighted by atomic mass is 35.5. The van der Waals surface area contributed by atoms with Gasteiger partial charge in [0, 0.05) is 29.6 Å². The molecule has 0 spiro atoms. The van der Waals surface area contributed by atoms with E-state index >= 15 is 0 Å². The van der Waals surface area contributed by atoms with E-state index in [-0.39, 0.29) is 5.54 Å². The normalized spacial score (nSPS) is 15.6. The van der Waals surface area contributed by atoms with E-state index in [1.165, 1.54) is 16.8 Å². The van der Waals surface area contributed by atoms with Gasteiger partial charge in [-0.2, -0.15) is 0 Å². The van der Waals surface area contributed by atoms with Gasteiger partial charge in [0.1, 0.15) is 5.75 Å². The van der Waals surface area contributed by atoms with E-state index in [0.717, 1.165) is 35.0 Å². The first-order chi connectivity index (χ1) is 12.9. The predicted molar refractivity (Wildman–Crippen MR) is 117 cm³/mol. The highest BCUT2D eigenvalue weighted by molar-refractivity contribution is 6.33. The van der Waals surface area contributed by atoms with Crippen LogP contribution in [0.15, 0.2) is 47.5 Å². The Morgan fingerprint density at radius 1 is 1.19 bits per heavy atom. The summed E-state index contributed by atoms with van der Waals surface area (Å²) >= 11 is 6.62. The van der Waals surface area contributed by atoms with Crippen LogP contribution in [0.4, 0.5) is 11.4 Å². The molecule has 2 aromatic carbocycles. The van der Waals surface area contributed by atoms with Crippen LogP contribution in [0.25, 0.3) is 5.57 Å². The molecule has 0 aromatic heterocycles. The number of methoxy groups -OCH3 is 1. The van der Waals surface area contributed by atoms with Gasteiger partial charge >= 0.3 is 0 Å². The fraction of sp³-hybridized carbons (Fsp3) is 0.348. The largest absolute Gasteiger partial charge is 0.497 e. The van der Waals surface area contributed by atoms with Crippen molar-refractivity contribution in [3.63, 3.8) is 0 Å². The molecular formula is C23H27ClN2O. The van der Waals surface area contributed by atoms with Gasteiger partial charge in [-0.25, -0.2) is 0 Å². The Hall–Kier alpha value is -2.26. The average molecular weight is 383 g/mol. The molecular weight excluding hydrogens is 356 g/mol. The Morgan fingerprint density at radius 3 is 2.52 bits per heavy atom. The van der Waals surface area contributed by atoms with Gasteiger partial charge in [-0.05, 0) is 69.2 Å². The molecule has 0 bridgehead atoms. The van der Waals surface area contributed by atoms with Gasteiger partial charge in [0.25, 0.3) is 0 Å². The standard InChI is InChI=1S/C23H27ClN2O/c1-6-11-26-22-13-21(24)17(12-20(22)16(2)14-23(26,3)4)15-25-18-7-9-19(27-5)10-8-18/h7-10,12-15H,6,11H2,1-5H3. The van der Waals surface area contributed by atoms with Crippen LogP contribution in [0.1, 0.15) is 45.2 Å². The second-order valence-corrected chi connectivity index (χ2v) is 7.89. The van der Waals surface area contributed by atoms with E-state index in [2.05, 4.69) is 55.8 Å². The van der Waals surface area contributed by atoms with Crippen molar-refractivity contribution >= 4 is 34.8 Å². The van der Waals surface area contributed by atoms with Crippen molar-refractivity contribution in [2.75, 3.05) is 18.6 Å². The van der Waals surface area contributed by atoms with Crippen LogP contribution in [-0.4, -0.2) is 25.4 Å². The maximum atomic E-state index is 6.62. The van der Waals surface area contributed by atoms with Crippen LogP contribution in [0.2, 0.25) is 5.02 Å². The van der Waals surface area contributed by atoms with Gasteiger partial charge in [-0.3, -0.25) is 4.99 Å². The number of fused-ring (bicyclic) bond motifs is 1. The van der Waals surface area contributed by atoms with Crippen molar-refractivity contribution in [1.82, 2.24) is 0 Å². The molecule has 0 radical (unpaired) electrons. The number of hydrogen-bond donors (Lipinski definition) is 0. The lowest BCUT2D eigenvalue weighted by Gasteiger charge is -2.43. The number of ether oxygens (including phenoxy) is 1. The second kappa shape index (κ2) is 7.77. The summed E-state index contributed by atoms with van der Waals surface area (Å²) in [6.07, 6.45) is 5.26. The Bertz CT molecular complexity index is 882. The molecule has 0 atom stereocenters. The number of rotatable bonds is 5. The maximum absolute atomic E-state index is 6.62. The van der Waals surface area contributed by atoms with Crippen molar-refractivity contribution in [3.05, 3.63) is 58.6 Å². The quantitative estimate of drug-likeness (QED) is 0.550. The molecule has 1 heterocycles. The monoisotopic (exact) mass is 382 g/mol. The topological polar surface area (TPSA) is 24.8 Å². The molecule has 3 nitrogen and oxygen atoms in total. The molecule has 1 aliphatic rings. The highest BCUT2D eigenvalue weighted by Crippen LogP contribution is 2.41. The summed E-state index contributed by atoms with van der Waals surface area (Å²) in [5, 5.41) is 0.720. The molecule has 2 aromatic rings. The lowest BCUT2D eigenvalue weighted by atomic mass is 9.88. The van der Waals surface area contributed by atoms with Gasteiger partial charge in [0.15, 0.2) is 0 Å². The summed E-state index contributed by atoms with van der Waals surface area (Å²) < 4.78 is 5.19. The van der Waals surface area contributed by atoms with E-state index in [0.29, 0.717) is 0 Å². The summed E-state index contributed by atoms with van der Waals surface area (Å²) in [7, 11) is 1.66. The minimum atomic E-state index is -0.0187. The van der Waals surface area contributed by atoms with E-state index in [1.807, 2.05) is 30.5 Å². The minimum absolute atomic E-state index is 0.0187. The maximum Gasteiger partial charge on any atom is 0.119 e. The van der Waals surface area contributed by atoms with Gasteiger partial charge in [-0.15, -0.1) is 0 Å². The Balaban J connectivity index is 1.97. The van der Waals surface area contributed by atoms with Gasteiger partial charge in [0.05, 0.1) is 23.4 Å². The second-order valence-electron chi connectivity index (χ2n) is 7.48. The molecule has 1 aliphatic heterocycles. The van der Waals surface area contributed by atoms with Crippen molar-refractivity contribution in [1.29, 1.82) is 0 Å². The van der Waals surface area contributed by atoms with E-state index < -0.39 is 0 Å². The number of aliphatic imine (C=N–C) groups is 1. The summed E-state index contributed by atoms with van der Waals surface area (Å²) in [6.45, 7) is 9.88. The highest BCUT2D eigenvalue weighted by Gasteiger charge is 2.31. The zero-order valence-corrected chi connectivity index (χ0v) is 17.5. The zero-order valence-electron chi connectivity index (χ0n) is 16.7. The fourth-order valence-electron chi connectivity index (χ4n) is 3.66. The van der Waals surface area contributed by atoms with Crippen molar-refractivity contribution in [2.24, 2.45) is 4.99 Å². The smallest absolute Gasteiger partial charge is 0.119 e. The molecule has 0 unspecified atom stereocenters. The van der Waals surface area contributed by atoms with Crippen LogP contribution in [0, 0.1) is 0 Å². The molecule has 3 rings (SSSR count). The Labute approximate surface area is 167 Å². The van der Waals surface area contributed by atoms with Crippen LogP contribution < -0.4 is 9.64 Å². The van der Waals surface area contributed by atoms with Crippen LogP contribution >= 0.6 is 11.6 Å². The number of allylic oxidation sites excluding steroid dienone is 1. The Morgan fingerprint density at radius 2 is 1.89 bits per heavy atom. The number of halogens is 1. The molecule has 0 aliphatic carbocycles. The summed E-state index contributed by atoms with van der Waals surface area (Å²) in [5.74, 6) is 0.820. The third-order valence-corrected chi connectivity index (χ3v) is 5.30. The molecule has 0 amide bonds. The fourth-order valence-corrected chi connectivity index (χ4v) is 3.86. The van der Waals surface area contributed by atoms with Gasteiger partial charge < -0.3 is 9.64 Å². The number of anilines is 1. The Kier molecular flexibility index (Phi) is 5.61. The molecule has 4 heteroatoms. The van der Waals surface area contributed by atoms with Crippen LogP contribution in [-0.2, 0) is 0 Å². The molecule has 0 saturated heterocycles. The first-order valence-corrected chi connectivity index (χ1v) is 9.72. The van der Waals surface area contributed by atoms with Crippen molar-refractivity contribution in [2.45, 2.75) is 39.7 Å². The summed E-state index contributed by atoms with van der Waals surface area (Å²) in [6, 6.07) is 11.9. The third-order valence-electron chi connectivity index (χ3n) is 4.97. The molecule has 27 heavy (non-hydrogen) atoms. The lowest BCUT2D eigenvalue weighted by Crippen LogP contribution is -2.45. The molecule has 0 fully saturated rings. The third kappa shape index (κ3) is 4.03. The van der Waals surface area contributed by atoms with Crippen molar-refractivity contribution < 1.29 is 4.74 Å². The first kappa shape index (κ1) is 19.5.